The molecule has 1 nitrogen and oxygen atoms in total. The van der Waals surface area contributed by atoms with Gasteiger partial charge in [0, 0.05) is 17.5 Å². The van der Waals surface area contributed by atoms with Gasteiger partial charge >= 0.3 is 0 Å². The molecule has 0 aliphatic rings. The molecule has 3 heteroatoms. The fourth-order valence-electron chi connectivity index (χ4n) is 0.788. The zero-order valence-corrected chi connectivity index (χ0v) is 8.58. The van der Waals surface area contributed by atoms with Gasteiger partial charge in [0.1, 0.15) is 0 Å². The van der Waals surface area contributed by atoms with Gasteiger partial charge in [-0.15, -0.1) is 17.9 Å². The van der Waals surface area contributed by atoms with Crippen molar-refractivity contribution in [1.29, 1.82) is 0 Å². The monoisotopic (exact) mass is 201 g/mol. The molecule has 1 aromatic heterocycles. The van der Waals surface area contributed by atoms with Gasteiger partial charge in [0.25, 0.3) is 0 Å². The maximum Gasteiger partial charge on any atom is 0.0558 e. The first-order valence-corrected chi connectivity index (χ1v) is 5.07. The molecule has 1 N–H and O–H groups in total. The van der Waals surface area contributed by atoms with Gasteiger partial charge in [0.05, 0.1) is 5.02 Å². The normalized spacial score (nSPS) is 12.8. The summed E-state index contributed by atoms with van der Waals surface area (Å²) in [6.07, 6.45) is 1.88. The molecule has 0 bridgehead atoms. The molecule has 0 aliphatic carbocycles. The van der Waals surface area contributed by atoms with Crippen molar-refractivity contribution in [1.82, 2.24) is 5.32 Å². The highest BCUT2D eigenvalue weighted by atomic mass is 35.5. The van der Waals surface area contributed by atoms with E-state index in [0.29, 0.717) is 6.04 Å². The fraction of sp³-hybridized carbons (Fsp3) is 0.333. The van der Waals surface area contributed by atoms with Gasteiger partial charge < -0.3 is 5.32 Å². The second-order valence-corrected chi connectivity index (χ2v) is 4.00. The number of halogens is 1. The van der Waals surface area contributed by atoms with Crippen LogP contribution in [0.2, 0.25) is 5.02 Å². The second kappa shape index (κ2) is 4.65. The van der Waals surface area contributed by atoms with Gasteiger partial charge in [0.15, 0.2) is 0 Å². The quantitative estimate of drug-likeness (QED) is 0.739. The molecule has 0 saturated carbocycles. The first-order chi connectivity index (χ1) is 5.74. The minimum Gasteiger partial charge on any atom is -0.306 e. The van der Waals surface area contributed by atoms with Crippen LogP contribution >= 0.6 is 22.9 Å². The third-order valence-electron chi connectivity index (χ3n) is 1.63. The highest BCUT2D eigenvalue weighted by Gasteiger charge is 2.01. The Morgan fingerprint density at radius 2 is 2.58 bits per heavy atom. The Hall–Kier alpha value is -0.310. The van der Waals surface area contributed by atoms with Crippen LogP contribution in [0.3, 0.4) is 0 Å². The molecule has 1 rings (SSSR count). The summed E-state index contributed by atoms with van der Waals surface area (Å²) >= 11 is 7.58. The maximum atomic E-state index is 5.91. The molecule has 1 atom stereocenters. The molecule has 0 amide bonds. The summed E-state index contributed by atoms with van der Waals surface area (Å²) in [5, 5.41) is 6.13. The summed E-state index contributed by atoms with van der Waals surface area (Å²) in [5.74, 6) is 0. The summed E-state index contributed by atoms with van der Waals surface area (Å²) in [7, 11) is 0. The Morgan fingerprint density at radius 1 is 1.83 bits per heavy atom. The van der Waals surface area contributed by atoms with E-state index in [1.54, 1.807) is 11.3 Å². The molecule has 0 aromatic carbocycles. The third kappa shape index (κ3) is 2.63. The summed E-state index contributed by atoms with van der Waals surface area (Å²) in [6.45, 7) is 6.58. The summed E-state index contributed by atoms with van der Waals surface area (Å²) in [5.41, 5.74) is 0. The Bertz CT molecular complexity index is 257. The van der Waals surface area contributed by atoms with Gasteiger partial charge in [-0.1, -0.05) is 17.7 Å². The van der Waals surface area contributed by atoms with Crippen LogP contribution in [0, 0.1) is 0 Å². The minimum absolute atomic E-state index is 0.336. The maximum absolute atomic E-state index is 5.91. The predicted molar refractivity (Wildman–Crippen MR) is 55.8 cm³/mol. The van der Waals surface area contributed by atoms with E-state index in [0.717, 1.165) is 11.6 Å². The number of thiophene rings is 1. The Balaban J connectivity index is 2.43. The van der Waals surface area contributed by atoms with Crippen molar-refractivity contribution in [2.45, 2.75) is 19.5 Å². The van der Waals surface area contributed by atoms with Crippen molar-refractivity contribution >= 4 is 22.9 Å². The van der Waals surface area contributed by atoms with Crippen LogP contribution in [0.1, 0.15) is 11.8 Å². The molecule has 1 heterocycles. The van der Waals surface area contributed by atoms with Crippen LogP contribution in [-0.4, -0.2) is 6.04 Å². The van der Waals surface area contributed by atoms with Gasteiger partial charge in [-0.25, -0.2) is 0 Å². The number of nitrogens with one attached hydrogen (secondary N) is 1. The van der Waals surface area contributed by atoms with Crippen molar-refractivity contribution in [3.8, 4) is 0 Å². The van der Waals surface area contributed by atoms with E-state index in [2.05, 4.69) is 18.8 Å². The van der Waals surface area contributed by atoms with Crippen molar-refractivity contribution in [3.05, 3.63) is 34.0 Å². The first-order valence-electron chi connectivity index (χ1n) is 3.82. The van der Waals surface area contributed by atoms with Crippen molar-refractivity contribution in [2.24, 2.45) is 0 Å². The molecular formula is C9H12ClNS. The Morgan fingerprint density at radius 3 is 3.08 bits per heavy atom. The van der Waals surface area contributed by atoms with Gasteiger partial charge in [0.2, 0.25) is 0 Å². The third-order valence-corrected chi connectivity index (χ3v) is 3.02. The number of hydrogen-bond donors (Lipinski definition) is 1. The van der Waals surface area contributed by atoms with Crippen LogP contribution in [0.25, 0.3) is 0 Å². The van der Waals surface area contributed by atoms with Crippen molar-refractivity contribution in [3.63, 3.8) is 0 Å². The largest absolute Gasteiger partial charge is 0.306 e. The lowest BCUT2D eigenvalue weighted by Crippen LogP contribution is -2.22. The SMILES string of the molecule is C=CC(C)NCc1sccc1Cl. The molecule has 1 unspecified atom stereocenters. The molecule has 1 aromatic rings. The van der Waals surface area contributed by atoms with Crippen molar-refractivity contribution < 1.29 is 0 Å². The van der Waals surface area contributed by atoms with Gasteiger partial charge in [-0.2, -0.15) is 0 Å². The molecule has 0 radical (unpaired) electrons. The zero-order valence-electron chi connectivity index (χ0n) is 7.01. The second-order valence-electron chi connectivity index (χ2n) is 2.60. The van der Waals surface area contributed by atoms with Crippen LogP contribution in [0.5, 0.6) is 0 Å². The van der Waals surface area contributed by atoms with Crippen LogP contribution in [-0.2, 0) is 6.54 Å². The standard InChI is InChI=1S/C9H12ClNS/c1-3-7(2)11-6-9-8(10)4-5-12-9/h3-5,7,11H,1,6H2,2H3. The average molecular weight is 202 g/mol. The van der Waals surface area contributed by atoms with Gasteiger partial charge in [-0.3, -0.25) is 0 Å². The number of rotatable bonds is 4. The summed E-state index contributed by atoms with van der Waals surface area (Å²) < 4.78 is 0. The molecule has 0 fully saturated rings. The lowest BCUT2D eigenvalue weighted by atomic mass is 10.3. The highest BCUT2D eigenvalue weighted by molar-refractivity contribution is 7.10. The molecule has 0 aliphatic heterocycles. The highest BCUT2D eigenvalue weighted by Crippen LogP contribution is 2.21. The van der Waals surface area contributed by atoms with Crippen molar-refractivity contribution in [2.75, 3.05) is 0 Å². The van der Waals surface area contributed by atoms with Crippen LogP contribution in [0.15, 0.2) is 24.1 Å². The number of hydrogen-bond acceptors (Lipinski definition) is 2. The molecule has 12 heavy (non-hydrogen) atoms. The fourth-order valence-corrected chi connectivity index (χ4v) is 1.84. The van der Waals surface area contributed by atoms with E-state index in [-0.39, 0.29) is 0 Å². The van der Waals surface area contributed by atoms with Crippen LogP contribution in [0.4, 0.5) is 0 Å². The van der Waals surface area contributed by atoms with E-state index >= 15 is 0 Å². The Kier molecular flexibility index (Phi) is 3.79. The van der Waals surface area contributed by atoms with Crippen LogP contribution < -0.4 is 5.32 Å². The topological polar surface area (TPSA) is 12.0 Å². The van der Waals surface area contributed by atoms with Gasteiger partial charge in [-0.05, 0) is 18.4 Å². The minimum atomic E-state index is 0.336. The average Bonchev–Trinajstić information content (AvgIpc) is 2.47. The lowest BCUT2D eigenvalue weighted by Gasteiger charge is -2.07. The first kappa shape index (κ1) is 9.78. The Labute approximate surface area is 82.1 Å². The summed E-state index contributed by atoms with van der Waals surface area (Å²) in [6, 6.07) is 2.25. The predicted octanol–water partition coefficient (Wildman–Crippen LogP) is 3.07. The summed E-state index contributed by atoms with van der Waals surface area (Å²) in [4.78, 5) is 1.19. The smallest absolute Gasteiger partial charge is 0.0558 e. The molecule has 0 spiro atoms. The molecule has 0 saturated heterocycles. The van der Waals surface area contributed by atoms with E-state index in [4.69, 9.17) is 11.6 Å². The molecular weight excluding hydrogens is 190 g/mol. The van der Waals surface area contributed by atoms with E-state index < -0.39 is 0 Å². The lowest BCUT2D eigenvalue weighted by molar-refractivity contribution is 0.640. The zero-order chi connectivity index (χ0) is 8.97. The van der Waals surface area contributed by atoms with E-state index in [1.165, 1.54) is 4.88 Å². The van der Waals surface area contributed by atoms with E-state index in [1.807, 2.05) is 17.5 Å². The van der Waals surface area contributed by atoms with E-state index in [9.17, 15) is 0 Å². The molecule has 66 valence electrons.